The molecule has 0 bridgehead atoms. The molecule has 5 aromatic rings. The van der Waals surface area contributed by atoms with Crippen molar-refractivity contribution < 1.29 is 0 Å². The Morgan fingerprint density at radius 1 is 0.688 bits per heavy atom. The second-order valence-corrected chi connectivity index (χ2v) is 9.16. The summed E-state index contributed by atoms with van der Waals surface area (Å²) in [4.78, 5) is 5.17. The SMILES string of the molecule is Cc1cc(C)cc(-c2nc3cccc4c3n2-c2ccccc2B4c2c(C)cccc2C)c1. The largest absolute Gasteiger partial charge is 0.293 e. The minimum Gasteiger partial charge on any atom is -0.293 e. The molecular weight excluding hydrogens is 387 g/mol. The van der Waals surface area contributed by atoms with E-state index >= 15 is 0 Å². The Balaban J connectivity index is 1.75. The minimum absolute atomic E-state index is 0.201. The second kappa shape index (κ2) is 6.96. The van der Waals surface area contributed by atoms with Crippen molar-refractivity contribution in [2.75, 3.05) is 0 Å². The summed E-state index contributed by atoms with van der Waals surface area (Å²) in [6.07, 6.45) is 0. The average Bonchev–Trinajstić information content (AvgIpc) is 3.16. The Labute approximate surface area is 189 Å². The van der Waals surface area contributed by atoms with Gasteiger partial charge >= 0.3 is 0 Å². The van der Waals surface area contributed by atoms with Gasteiger partial charge in [0.2, 0.25) is 6.71 Å². The molecule has 0 fully saturated rings. The zero-order valence-electron chi connectivity index (χ0n) is 19.0. The molecule has 4 aromatic carbocycles. The van der Waals surface area contributed by atoms with Crippen molar-refractivity contribution in [3.63, 3.8) is 0 Å². The van der Waals surface area contributed by atoms with E-state index in [4.69, 9.17) is 4.98 Å². The number of aromatic nitrogens is 2. The van der Waals surface area contributed by atoms with Crippen LogP contribution in [0.5, 0.6) is 0 Å². The zero-order chi connectivity index (χ0) is 22.0. The van der Waals surface area contributed by atoms with Gasteiger partial charge < -0.3 is 0 Å². The highest BCUT2D eigenvalue weighted by Crippen LogP contribution is 2.31. The van der Waals surface area contributed by atoms with Crippen molar-refractivity contribution in [1.82, 2.24) is 9.55 Å². The van der Waals surface area contributed by atoms with Gasteiger partial charge in [-0.2, -0.15) is 0 Å². The molecule has 0 radical (unpaired) electrons. The topological polar surface area (TPSA) is 17.8 Å². The van der Waals surface area contributed by atoms with Crippen molar-refractivity contribution >= 4 is 34.1 Å². The molecule has 1 aliphatic heterocycles. The molecule has 0 N–H and O–H groups in total. The van der Waals surface area contributed by atoms with Crippen molar-refractivity contribution in [3.05, 3.63) is 101 Å². The molecule has 0 aliphatic carbocycles. The van der Waals surface area contributed by atoms with Gasteiger partial charge in [-0.3, -0.25) is 4.57 Å². The van der Waals surface area contributed by atoms with Crippen LogP contribution < -0.4 is 16.4 Å². The molecule has 2 heterocycles. The van der Waals surface area contributed by atoms with E-state index in [1.807, 2.05) is 0 Å². The standard InChI is InChI=1S/C29H25BN2/c1-18-15-19(2)17-22(16-18)29-31-25-13-8-12-24-28(25)32(29)26-14-6-5-11-23(26)30(24)27-20(3)9-7-10-21(27)4/h5-17H,1-4H3. The molecule has 32 heavy (non-hydrogen) atoms. The molecule has 0 amide bonds. The number of imidazole rings is 1. The Kier molecular flexibility index (Phi) is 4.16. The van der Waals surface area contributed by atoms with E-state index < -0.39 is 0 Å². The summed E-state index contributed by atoms with van der Waals surface area (Å²) in [6.45, 7) is 8.99. The zero-order valence-corrected chi connectivity index (χ0v) is 19.0. The highest BCUT2D eigenvalue weighted by atomic mass is 15.1. The number of para-hydroxylation sites is 2. The van der Waals surface area contributed by atoms with Gasteiger partial charge in [-0.1, -0.05) is 82.3 Å². The van der Waals surface area contributed by atoms with Gasteiger partial charge in [0.15, 0.2) is 0 Å². The predicted molar refractivity (Wildman–Crippen MR) is 137 cm³/mol. The summed E-state index contributed by atoms with van der Waals surface area (Å²) in [5, 5.41) is 0. The molecule has 6 rings (SSSR count). The lowest BCUT2D eigenvalue weighted by Crippen LogP contribution is -2.57. The highest BCUT2D eigenvalue weighted by molar-refractivity contribution is 6.98. The first-order valence-corrected chi connectivity index (χ1v) is 11.3. The van der Waals surface area contributed by atoms with Crippen LogP contribution >= 0.6 is 0 Å². The maximum atomic E-state index is 5.17. The van der Waals surface area contributed by atoms with Gasteiger partial charge in [-0.25, -0.2) is 4.98 Å². The van der Waals surface area contributed by atoms with E-state index in [0.717, 1.165) is 11.3 Å². The van der Waals surface area contributed by atoms with E-state index in [1.165, 1.54) is 55.4 Å². The van der Waals surface area contributed by atoms with Gasteiger partial charge in [0.1, 0.15) is 5.82 Å². The van der Waals surface area contributed by atoms with Crippen molar-refractivity contribution in [2.24, 2.45) is 0 Å². The highest BCUT2D eigenvalue weighted by Gasteiger charge is 2.35. The summed E-state index contributed by atoms with van der Waals surface area (Å²) in [7, 11) is 0. The van der Waals surface area contributed by atoms with Crippen molar-refractivity contribution in [2.45, 2.75) is 27.7 Å². The predicted octanol–water partition coefficient (Wildman–Crippen LogP) is 4.76. The van der Waals surface area contributed by atoms with Gasteiger partial charge in [0.05, 0.1) is 11.0 Å². The quantitative estimate of drug-likeness (QED) is 0.375. The first-order chi connectivity index (χ1) is 15.5. The first-order valence-electron chi connectivity index (χ1n) is 11.3. The van der Waals surface area contributed by atoms with Crippen LogP contribution in [0.25, 0.3) is 28.1 Å². The van der Waals surface area contributed by atoms with Gasteiger partial charge in [-0.05, 0) is 62.9 Å². The van der Waals surface area contributed by atoms with Crippen LogP contribution in [0.2, 0.25) is 0 Å². The van der Waals surface area contributed by atoms with Crippen LogP contribution in [-0.4, -0.2) is 16.3 Å². The van der Waals surface area contributed by atoms with Gasteiger partial charge in [0, 0.05) is 11.3 Å². The Hall–Kier alpha value is -3.59. The Morgan fingerprint density at radius 3 is 2.09 bits per heavy atom. The molecule has 154 valence electrons. The molecule has 0 saturated carbocycles. The molecule has 3 heteroatoms. The molecule has 0 spiro atoms. The van der Waals surface area contributed by atoms with Crippen molar-refractivity contribution in [1.29, 1.82) is 0 Å². The fourth-order valence-corrected chi connectivity index (χ4v) is 5.61. The normalized spacial score (nSPS) is 12.3. The molecular formula is C29H25BN2. The lowest BCUT2D eigenvalue weighted by Gasteiger charge is -2.28. The lowest BCUT2D eigenvalue weighted by atomic mass is 9.34. The van der Waals surface area contributed by atoms with Gasteiger partial charge in [-0.15, -0.1) is 0 Å². The fourth-order valence-electron chi connectivity index (χ4n) is 5.61. The smallest absolute Gasteiger partial charge is 0.247 e. The number of aryl methyl sites for hydroxylation is 4. The van der Waals surface area contributed by atoms with Crippen LogP contribution in [0, 0.1) is 27.7 Å². The average molecular weight is 412 g/mol. The minimum atomic E-state index is 0.201. The number of hydrogen-bond acceptors (Lipinski definition) is 1. The Morgan fingerprint density at radius 2 is 1.34 bits per heavy atom. The second-order valence-electron chi connectivity index (χ2n) is 9.16. The van der Waals surface area contributed by atoms with E-state index in [9.17, 15) is 0 Å². The third kappa shape index (κ3) is 2.71. The number of hydrogen-bond donors (Lipinski definition) is 0. The van der Waals surface area contributed by atoms with Crippen LogP contribution in [-0.2, 0) is 0 Å². The summed E-state index contributed by atoms with van der Waals surface area (Å²) < 4.78 is 2.39. The third-order valence-corrected chi connectivity index (χ3v) is 6.82. The van der Waals surface area contributed by atoms with Crippen LogP contribution in [0.3, 0.4) is 0 Å². The number of rotatable bonds is 2. The van der Waals surface area contributed by atoms with Crippen LogP contribution in [0.1, 0.15) is 22.3 Å². The molecule has 1 aliphatic rings. The molecule has 0 atom stereocenters. The maximum Gasteiger partial charge on any atom is 0.247 e. The van der Waals surface area contributed by atoms with Crippen LogP contribution in [0.4, 0.5) is 0 Å². The molecule has 0 unspecified atom stereocenters. The lowest BCUT2D eigenvalue weighted by molar-refractivity contribution is 1.11. The third-order valence-electron chi connectivity index (χ3n) is 6.82. The number of benzene rings is 4. The first kappa shape index (κ1) is 19.1. The van der Waals surface area contributed by atoms with Crippen LogP contribution in [0.15, 0.2) is 78.9 Å². The monoisotopic (exact) mass is 412 g/mol. The molecule has 1 aromatic heterocycles. The summed E-state index contributed by atoms with van der Waals surface area (Å²) >= 11 is 0. The van der Waals surface area contributed by atoms with Crippen molar-refractivity contribution in [3.8, 4) is 17.1 Å². The Bertz CT molecular complexity index is 1490. The molecule has 2 nitrogen and oxygen atoms in total. The van der Waals surface area contributed by atoms with E-state index in [1.54, 1.807) is 0 Å². The summed E-state index contributed by atoms with van der Waals surface area (Å²) in [5.74, 6) is 1.02. The fraction of sp³-hybridized carbons (Fsp3) is 0.138. The van der Waals surface area contributed by atoms with E-state index in [2.05, 4.69) is 111 Å². The van der Waals surface area contributed by atoms with E-state index in [0.29, 0.717) is 0 Å². The summed E-state index contributed by atoms with van der Waals surface area (Å²) in [6, 6.07) is 28.8. The van der Waals surface area contributed by atoms with E-state index in [-0.39, 0.29) is 6.71 Å². The number of fused-ring (bicyclic) bond motifs is 2. The maximum absolute atomic E-state index is 5.17. The summed E-state index contributed by atoms with van der Waals surface area (Å²) in [5.41, 5.74) is 14.0. The van der Waals surface area contributed by atoms with Gasteiger partial charge in [0.25, 0.3) is 0 Å². The molecule has 0 saturated heterocycles. The number of nitrogens with zero attached hydrogens (tertiary/aromatic N) is 2.